The maximum Gasteiger partial charge on any atom is 0.257 e. The highest BCUT2D eigenvalue weighted by atomic mass is 16.5. The number of rotatable bonds is 6. The molecule has 2 aromatic carbocycles. The Morgan fingerprint density at radius 3 is 2.48 bits per heavy atom. The van der Waals surface area contributed by atoms with Crippen molar-refractivity contribution in [1.82, 2.24) is 20.1 Å². The summed E-state index contributed by atoms with van der Waals surface area (Å²) in [6, 6.07) is 20.8. The predicted molar refractivity (Wildman–Crippen MR) is 120 cm³/mol. The van der Waals surface area contributed by atoms with Crippen LogP contribution in [0.5, 0.6) is 11.6 Å². The minimum atomic E-state index is -0.249. The fourth-order valence-corrected chi connectivity index (χ4v) is 3.48. The van der Waals surface area contributed by atoms with E-state index in [2.05, 4.69) is 23.3 Å². The second-order valence-corrected chi connectivity index (χ2v) is 7.30. The summed E-state index contributed by atoms with van der Waals surface area (Å²) in [5.74, 6) is 0.651. The zero-order valence-electron chi connectivity index (χ0n) is 17.8. The first kappa shape index (κ1) is 20.3. The third-order valence-corrected chi connectivity index (χ3v) is 5.18. The molecular weight excluding hydrogens is 388 g/mol. The maximum atomic E-state index is 12.9. The van der Waals surface area contributed by atoms with Gasteiger partial charge in [0.1, 0.15) is 11.3 Å². The number of amides is 1. The van der Waals surface area contributed by atoms with Crippen molar-refractivity contribution in [2.75, 3.05) is 0 Å². The molecule has 0 unspecified atom stereocenters. The zero-order chi connectivity index (χ0) is 21.8. The lowest BCUT2D eigenvalue weighted by atomic mass is 10.1. The number of benzene rings is 2. The van der Waals surface area contributed by atoms with Crippen molar-refractivity contribution in [2.24, 2.45) is 0 Å². The van der Waals surface area contributed by atoms with Crippen LogP contribution in [0, 0.1) is 20.8 Å². The summed E-state index contributed by atoms with van der Waals surface area (Å²) in [6.45, 7) is 6.39. The smallest absolute Gasteiger partial charge is 0.257 e. The molecule has 0 saturated carbocycles. The van der Waals surface area contributed by atoms with E-state index in [1.807, 2.05) is 67.1 Å². The monoisotopic (exact) mass is 412 g/mol. The molecule has 6 nitrogen and oxygen atoms in total. The van der Waals surface area contributed by atoms with Crippen molar-refractivity contribution in [3.8, 4) is 17.3 Å². The highest BCUT2D eigenvalue weighted by molar-refractivity contribution is 5.96. The van der Waals surface area contributed by atoms with Gasteiger partial charge in [0.2, 0.25) is 5.88 Å². The Bertz CT molecular complexity index is 1220. The molecule has 31 heavy (non-hydrogen) atoms. The molecule has 0 fully saturated rings. The van der Waals surface area contributed by atoms with E-state index in [0.29, 0.717) is 17.9 Å². The minimum absolute atomic E-state index is 0.249. The summed E-state index contributed by atoms with van der Waals surface area (Å²) in [5.41, 5.74) is 5.43. The van der Waals surface area contributed by atoms with E-state index in [0.717, 1.165) is 28.2 Å². The molecule has 4 aromatic rings. The van der Waals surface area contributed by atoms with E-state index in [4.69, 9.17) is 9.84 Å². The van der Waals surface area contributed by atoms with Gasteiger partial charge >= 0.3 is 0 Å². The number of pyridine rings is 1. The first-order chi connectivity index (χ1) is 15.0. The maximum absolute atomic E-state index is 12.9. The molecule has 2 heterocycles. The number of carbonyl (C=O) groups is 1. The molecule has 0 bridgehead atoms. The van der Waals surface area contributed by atoms with Gasteiger partial charge in [-0.2, -0.15) is 5.10 Å². The van der Waals surface area contributed by atoms with Crippen LogP contribution in [0.1, 0.15) is 32.9 Å². The second-order valence-electron chi connectivity index (χ2n) is 7.30. The van der Waals surface area contributed by atoms with Gasteiger partial charge in [0.05, 0.1) is 11.4 Å². The second kappa shape index (κ2) is 8.83. The number of hydrogen-bond acceptors (Lipinski definition) is 4. The fourth-order valence-electron chi connectivity index (χ4n) is 3.48. The fraction of sp³-hybridized carbons (Fsp3) is 0.160. The SMILES string of the molecule is Cc1ccccc1-n1nc(C)c(CNC(=O)c2cccnc2Oc2ccccc2)c1C. The molecule has 0 aliphatic rings. The van der Waals surface area contributed by atoms with E-state index in [9.17, 15) is 4.79 Å². The summed E-state index contributed by atoms with van der Waals surface area (Å²) < 4.78 is 7.75. The number of carbonyl (C=O) groups excluding carboxylic acids is 1. The van der Waals surface area contributed by atoms with Crippen LogP contribution >= 0.6 is 0 Å². The average molecular weight is 412 g/mol. The van der Waals surface area contributed by atoms with Gasteiger partial charge in [0, 0.05) is 24.0 Å². The van der Waals surface area contributed by atoms with Gasteiger partial charge in [-0.15, -0.1) is 0 Å². The lowest BCUT2D eigenvalue weighted by Gasteiger charge is -2.11. The largest absolute Gasteiger partial charge is 0.438 e. The van der Waals surface area contributed by atoms with E-state index < -0.39 is 0 Å². The molecule has 0 atom stereocenters. The van der Waals surface area contributed by atoms with Gasteiger partial charge in [-0.05, 0) is 56.7 Å². The van der Waals surface area contributed by atoms with Gasteiger partial charge in [-0.25, -0.2) is 9.67 Å². The molecule has 4 rings (SSSR count). The molecule has 1 amide bonds. The third kappa shape index (κ3) is 4.33. The standard InChI is InChI=1S/C25H24N4O2/c1-17-10-7-8-14-23(17)29-19(3)22(18(2)28-29)16-27-24(30)21-13-9-15-26-25(21)31-20-11-5-4-6-12-20/h4-15H,16H2,1-3H3,(H,27,30). The Labute approximate surface area is 181 Å². The molecule has 0 aliphatic carbocycles. The average Bonchev–Trinajstić information content (AvgIpc) is 3.06. The van der Waals surface area contributed by atoms with E-state index >= 15 is 0 Å². The Balaban J connectivity index is 1.53. The van der Waals surface area contributed by atoms with E-state index in [-0.39, 0.29) is 11.8 Å². The first-order valence-electron chi connectivity index (χ1n) is 10.1. The summed E-state index contributed by atoms with van der Waals surface area (Å²) in [4.78, 5) is 17.2. The molecule has 6 heteroatoms. The number of aromatic nitrogens is 3. The van der Waals surface area contributed by atoms with Crippen molar-refractivity contribution >= 4 is 5.91 Å². The van der Waals surface area contributed by atoms with Crippen LogP contribution in [0.25, 0.3) is 5.69 Å². The lowest BCUT2D eigenvalue weighted by molar-refractivity contribution is 0.0948. The summed E-state index contributed by atoms with van der Waals surface area (Å²) in [5, 5.41) is 7.68. The number of hydrogen-bond donors (Lipinski definition) is 1. The van der Waals surface area contributed by atoms with Crippen LogP contribution in [0.15, 0.2) is 72.9 Å². The Morgan fingerprint density at radius 1 is 0.968 bits per heavy atom. The van der Waals surface area contributed by atoms with Crippen LogP contribution in [-0.2, 0) is 6.54 Å². The Hall–Kier alpha value is -3.93. The number of ether oxygens (including phenoxy) is 1. The number of nitrogens with zero attached hydrogens (tertiary/aromatic N) is 3. The van der Waals surface area contributed by atoms with Gasteiger partial charge in [0.15, 0.2) is 0 Å². The third-order valence-electron chi connectivity index (χ3n) is 5.18. The molecule has 156 valence electrons. The van der Waals surface area contributed by atoms with Crippen molar-refractivity contribution in [3.05, 3.63) is 101 Å². The zero-order valence-corrected chi connectivity index (χ0v) is 17.8. The highest BCUT2D eigenvalue weighted by Crippen LogP contribution is 2.23. The Kier molecular flexibility index (Phi) is 5.80. The van der Waals surface area contributed by atoms with Crippen molar-refractivity contribution < 1.29 is 9.53 Å². The molecule has 1 N–H and O–H groups in total. The minimum Gasteiger partial charge on any atom is -0.438 e. The van der Waals surface area contributed by atoms with Crippen LogP contribution in [0.3, 0.4) is 0 Å². The van der Waals surface area contributed by atoms with E-state index in [1.165, 1.54) is 0 Å². The number of nitrogens with one attached hydrogen (secondary N) is 1. The van der Waals surface area contributed by atoms with Crippen molar-refractivity contribution in [1.29, 1.82) is 0 Å². The summed E-state index contributed by atoms with van der Waals surface area (Å²) >= 11 is 0. The van der Waals surface area contributed by atoms with Crippen LogP contribution < -0.4 is 10.1 Å². The van der Waals surface area contributed by atoms with Gasteiger partial charge in [0.25, 0.3) is 5.91 Å². The van der Waals surface area contributed by atoms with Crippen LogP contribution in [0.2, 0.25) is 0 Å². The van der Waals surface area contributed by atoms with E-state index in [1.54, 1.807) is 18.3 Å². The summed E-state index contributed by atoms with van der Waals surface area (Å²) in [7, 11) is 0. The Morgan fingerprint density at radius 2 is 1.71 bits per heavy atom. The highest BCUT2D eigenvalue weighted by Gasteiger charge is 2.18. The molecular formula is C25H24N4O2. The molecule has 0 saturated heterocycles. The topological polar surface area (TPSA) is 69.0 Å². The van der Waals surface area contributed by atoms with Crippen molar-refractivity contribution in [3.63, 3.8) is 0 Å². The first-order valence-corrected chi connectivity index (χ1v) is 10.1. The molecule has 0 aliphatic heterocycles. The van der Waals surface area contributed by atoms with Crippen LogP contribution in [-0.4, -0.2) is 20.7 Å². The molecule has 2 aromatic heterocycles. The number of para-hydroxylation sites is 2. The van der Waals surface area contributed by atoms with Gasteiger partial charge in [-0.3, -0.25) is 4.79 Å². The van der Waals surface area contributed by atoms with Crippen LogP contribution in [0.4, 0.5) is 0 Å². The molecule has 0 radical (unpaired) electrons. The van der Waals surface area contributed by atoms with Gasteiger partial charge in [-0.1, -0.05) is 36.4 Å². The van der Waals surface area contributed by atoms with Gasteiger partial charge < -0.3 is 10.1 Å². The predicted octanol–water partition coefficient (Wildman–Crippen LogP) is 4.91. The number of aryl methyl sites for hydroxylation is 2. The quantitative estimate of drug-likeness (QED) is 0.488. The summed E-state index contributed by atoms with van der Waals surface area (Å²) in [6.07, 6.45) is 1.61. The van der Waals surface area contributed by atoms with Crippen molar-refractivity contribution in [2.45, 2.75) is 27.3 Å². The lowest BCUT2D eigenvalue weighted by Crippen LogP contribution is -2.24. The molecule has 0 spiro atoms. The normalized spacial score (nSPS) is 10.7.